The molecule has 0 saturated carbocycles. The van der Waals surface area contributed by atoms with Crippen LogP contribution >= 0.6 is 0 Å². The van der Waals surface area contributed by atoms with E-state index in [-0.39, 0.29) is 0 Å². The Kier molecular flexibility index (Phi) is 4.04. The van der Waals surface area contributed by atoms with E-state index in [9.17, 15) is 0 Å². The number of benzene rings is 1. The van der Waals surface area contributed by atoms with Crippen molar-refractivity contribution in [2.75, 3.05) is 26.4 Å². The van der Waals surface area contributed by atoms with Crippen molar-refractivity contribution in [3.8, 4) is 5.75 Å². The van der Waals surface area contributed by atoms with E-state index in [0.717, 1.165) is 51.4 Å². The molecular formula is C16H23NO2. The zero-order chi connectivity index (χ0) is 13.1. The molecule has 0 aliphatic carbocycles. The Morgan fingerprint density at radius 1 is 1.26 bits per heavy atom. The molecule has 1 aromatic carbocycles. The second kappa shape index (κ2) is 5.93. The molecule has 0 aromatic heterocycles. The van der Waals surface area contributed by atoms with E-state index >= 15 is 0 Å². The van der Waals surface area contributed by atoms with Gasteiger partial charge in [-0.1, -0.05) is 19.1 Å². The van der Waals surface area contributed by atoms with Gasteiger partial charge in [-0.05, 0) is 42.5 Å². The summed E-state index contributed by atoms with van der Waals surface area (Å²) in [6, 6.07) is 7.17. The lowest BCUT2D eigenvalue weighted by atomic mass is 9.86. The minimum Gasteiger partial charge on any atom is -0.493 e. The topological polar surface area (TPSA) is 30.5 Å². The maximum Gasteiger partial charge on any atom is 0.122 e. The zero-order valence-corrected chi connectivity index (χ0v) is 11.7. The summed E-state index contributed by atoms with van der Waals surface area (Å²) >= 11 is 0. The van der Waals surface area contributed by atoms with Gasteiger partial charge in [0.15, 0.2) is 0 Å². The molecule has 1 aromatic rings. The lowest BCUT2D eigenvalue weighted by molar-refractivity contribution is 0.0538. The highest BCUT2D eigenvalue weighted by Crippen LogP contribution is 2.34. The van der Waals surface area contributed by atoms with Gasteiger partial charge in [0.1, 0.15) is 5.75 Å². The summed E-state index contributed by atoms with van der Waals surface area (Å²) < 4.78 is 11.1. The van der Waals surface area contributed by atoms with Crippen molar-refractivity contribution < 1.29 is 9.47 Å². The molecule has 104 valence electrons. The fourth-order valence-corrected chi connectivity index (χ4v) is 3.23. The summed E-state index contributed by atoms with van der Waals surface area (Å²) in [4.78, 5) is 0. The highest BCUT2D eigenvalue weighted by molar-refractivity contribution is 5.41. The van der Waals surface area contributed by atoms with Gasteiger partial charge in [-0.25, -0.2) is 0 Å². The number of fused-ring (bicyclic) bond motifs is 1. The third-order valence-electron chi connectivity index (χ3n) is 4.23. The van der Waals surface area contributed by atoms with Gasteiger partial charge in [-0.3, -0.25) is 0 Å². The van der Waals surface area contributed by atoms with Crippen LogP contribution in [0.3, 0.4) is 0 Å². The van der Waals surface area contributed by atoms with Crippen molar-refractivity contribution in [1.29, 1.82) is 0 Å². The van der Waals surface area contributed by atoms with Crippen LogP contribution in [0.25, 0.3) is 0 Å². The molecule has 3 nitrogen and oxygen atoms in total. The molecule has 2 heterocycles. The average molecular weight is 261 g/mol. The van der Waals surface area contributed by atoms with Gasteiger partial charge in [-0.2, -0.15) is 0 Å². The van der Waals surface area contributed by atoms with E-state index in [1.54, 1.807) is 0 Å². The summed E-state index contributed by atoms with van der Waals surface area (Å²) in [7, 11) is 0. The Morgan fingerprint density at radius 2 is 2.11 bits per heavy atom. The van der Waals surface area contributed by atoms with E-state index in [1.165, 1.54) is 11.1 Å². The Hall–Kier alpha value is -1.06. The quantitative estimate of drug-likeness (QED) is 0.904. The van der Waals surface area contributed by atoms with Gasteiger partial charge in [0.2, 0.25) is 0 Å². The minimum atomic E-state index is 0.458. The van der Waals surface area contributed by atoms with Gasteiger partial charge in [0.25, 0.3) is 0 Å². The van der Waals surface area contributed by atoms with Crippen LogP contribution in [-0.2, 0) is 11.2 Å². The van der Waals surface area contributed by atoms with Gasteiger partial charge >= 0.3 is 0 Å². The molecule has 2 aliphatic heterocycles. The number of hydrogen-bond donors (Lipinski definition) is 1. The van der Waals surface area contributed by atoms with Crippen molar-refractivity contribution in [2.24, 2.45) is 5.92 Å². The van der Waals surface area contributed by atoms with Crippen LogP contribution < -0.4 is 10.1 Å². The lowest BCUT2D eigenvalue weighted by Gasteiger charge is -2.31. The zero-order valence-electron chi connectivity index (χ0n) is 11.7. The molecule has 1 atom stereocenters. The molecule has 0 bridgehead atoms. The monoisotopic (exact) mass is 261 g/mol. The Bertz CT molecular complexity index is 427. The maximum absolute atomic E-state index is 5.60. The standard InChI is InChI=1S/C16H23NO2/c1-2-17-16(12-5-8-18-9-6-12)14-3-4-15-13(11-14)7-10-19-15/h3-4,11-12,16-17H,2,5-10H2,1H3. The molecule has 0 spiro atoms. The molecule has 0 amide bonds. The van der Waals surface area contributed by atoms with E-state index in [0.29, 0.717) is 12.0 Å². The number of rotatable bonds is 4. The molecule has 1 N–H and O–H groups in total. The van der Waals surface area contributed by atoms with Gasteiger partial charge in [0, 0.05) is 25.7 Å². The van der Waals surface area contributed by atoms with Gasteiger partial charge in [0.05, 0.1) is 6.61 Å². The third-order valence-corrected chi connectivity index (χ3v) is 4.23. The average Bonchev–Trinajstić information content (AvgIpc) is 2.93. The normalized spacial score (nSPS) is 20.9. The van der Waals surface area contributed by atoms with Crippen molar-refractivity contribution in [1.82, 2.24) is 5.32 Å². The van der Waals surface area contributed by atoms with Crippen LogP contribution in [0.2, 0.25) is 0 Å². The second-order valence-electron chi connectivity index (χ2n) is 5.45. The molecule has 19 heavy (non-hydrogen) atoms. The predicted molar refractivity (Wildman–Crippen MR) is 75.6 cm³/mol. The van der Waals surface area contributed by atoms with Crippen LogP contribution in [0.15, 0.2) is 18.2 Å². The summed E-state index contributed by atoms with van der Waals surface area (Å²) in [5.74, 6) is 1.76. The van der Waals surface area contributed by atoms with Crippen LogP contribution in [0.5, 0.6) is 5.75 Å². The number of ether oxygens (including phenoxy) is 2. The lowest BCUT2D eigenvalue weighted by Crippen LogP contribution is -2.32. The van der Waals surface area contributed by atoms with E-state index in [2.05, 4.69) is 30.4 Å². The van der Waals surface area contributed by atoms with Crippen LogP contribution in [-0.4, -0.2) is 26.4 Å². The van der Waals surface area contributed by atoms with Crippen molar-refractivity contribution >= 4 is 0 Å². The molecule has 1 saturated heterocycles. The third kappa shape index (κ3) is 2.77. The molecule has 3 heteroatoms. The predicted octanol–water partition coefficient (Wildman–Crippen LogP) is 2.70. The van der Waals surface area contributed by atoms with E-state index in [1.807, 2.05) is 0 Å². The van der Waals surface area contributed by atoms with Crippen molar-refractivity contribution in [2.45, 2.75) is 32.2 Å². The molecular weight excluding hydrogens is 238 g/mol. The Balaban J connectivity index is 1.82. The maximum atomic E-state index is 5.60. The van der Waals surface area contributed by atoms with Crippen LogP contribution in [0, 0.1) is 5.92 Å². The van der Waals surface area contributed by atoms with Gasteiger partial charge in [-0.15, -0.1) is 0 Å². The van der Waals surface area contributed by atoms with Gasteiger partial charge < -0.3 is 14.8 Å². The first-order valence-electron chi connectivity index (χ1n) is 7.45. The molecule has 1 fully saturated rings. The largest absolute Gasteiger partial charge is 0.493 e. The molecule has 1 unspecified atom stereocenters. The Labute approximate surface area is 115 Å². The summed E-state index contributed by atoms with van der Waals surface area (Å²) in [6.45, 7) is 5.83. The molecule has 0 radical (unpaired) electrons. The summed E-state index contributed by atoms with van der Waals surface area (Å²) in [5, 5.41) is 3.66. The highest BCUT2D eigenvalue weighted by atomic mass is 16.5. The minimum absolute atomic E-state index is 0.458. The SMILES string of the molecule is CCNC(c1ccc2c(c1)CCO2)C1CCOCC1. The van der Waals surface area contributed by atoms with E-state index in [4.69, 9.17) is 9.47 Å². The smallest absolute Gasteiger partial charge is 0.122 e. The fourth-order valence-electron chi connectivity index (χ4n) is 3.23. The molecule has 3 rings (SSSR count). The first kappa shape index (κ1) is 12.9. The summed E-state index contributed by atoms with van der Waals surface area (Å²) in [5.41, 5.74) is 2.78. The molecule has 2 aliphatic rings. The van der Waals surface area contributed by atoms with E-state index < -0.39 is 0 Å². The summed E-state index contributed by atoms with van der Waals surface area (Å²) in [6.07, 6.45) is 3.37. The second-order valence-corrected chi connectivity index (χ2v) is 5.45. The van der Waals surface area contributed by atoms with Crippen molar-refractivity contribution in [3.63, 3.8) is 0 Å². The van der Waals surface area contributed by atoms with Crippen LogP contribution in [0.4, 0.5) is 0 Å². The number of nitrogens with one attached hydrogen (secondary N) is 1. The number of hydrogen-bond acceptors (Lipinski definition) is 3. The first-order valence-corrected chi connectivity index (χ1v) is 7.45. The Morgan fingerprint density at radius 3 is 2.89 bits per heavy atom. The fraction of sp³-hybridized carbons (Fsp3) is 0.625. The first-order chi connectivity index (χ1) is 9.38. The highest BCUT2D eigenvalue weighted by Gasteiger charge is 2.26. The van der Waals surface area contributed by atoms with Crippen LogP contribution in [0.1, 0.15) is 36.9 Å². The van der Waals surface area contributed by atoms with Crippen molar-refractivity contribution in [3.05, 3.63) is 29.3 Å².